The van der Waals surface area contributed by atoms with Gasteiger partial charge in [0.1, 0.15) is 11.8 Å². The van der Waals surface area contributed by atoms with E-state index in [2.05, 4.69) is 10.6 Å². The smallest absolute Gasteiger partial charge is 0.273 e. The largest absolute Gasteiger partial charge is 0.484 e. The first-order valence-corrected chi connectivity index (χ1v) is 12.5. The van der Waals surface area contributed by atoms with Crippen LogP contribution in [0.2, 0.25) is 0 Å². The summed E-state index contributed by atoms with van der Waals surface area (Å²) in [7, 11) is 0. The summed E-state index contributed by atoms with van der Waals surface area (Å²) in [4.78, 5) is 50.7. The van der Waals surface area contributed by atoms with E-state index in [1.165, 1.54) is 29.2 Å². The summed E-state index contributed by atoms with van der Waals surface area (Å²) in [5.74, 6) is -1.41. The zero-order chi connectivity index (χ0) is 27.9. The maximum Gasteiger partial charge on any atom is 0.273 e. The van der Waals surface area contributed by atoms with Gasteiger partial charge >= 0.3 is 0 Å². The first-order valence-electron chi connectivity index (χ1n) is 12.5. The van der Waals surface area contributed by atoms with Crippen LogP contribution in [-0.4, -0.2) is 69.5 Å². The SMILES string of the molecule is CC(C)(C)NC(=O)[C@@H]1CCCN1C(=O)[C@@H](O)[C@H](Cc1ccccc1)NC(=O)COc1cccc([N+](=O)[O-])c1. The molecule has 204 valence electrons. The minimum Gasteiger partial charge on any atom is -0.484 e. The lowest BCUT2D eigenvalue weighted by atomic mass is 9.99. The normalized spacial score (nSPS) is 16.8. The molecule has 0 aromatic heterocycles. The third-order valence-corrected chi connectivity index (χ3v) is 6.01. The number of nitro groups is 1. The van der Waals surface area contributed by atoms with Crippen LogP contribution in [0.4, 0.5) is 5.69 Å². The van der Waals surface area contributed by atoms with Gasteiger partial charge in [-0.15, -0.1) is 0 Å². The first-order chi connectivity index (χ1) is 17.9. The quantitative estimate of drug-likeness (QED) is 0.316. The van der Waals surface area contributed by atoms with Gasteiger partial charge in [-0.25, -0.2) is 0 Å². The van der Waals surface area contributed by atoms with Gasteiger partial charge in [-0.3, -0.25) is 24.5 Å². The molecule has 3 atom stereocenters. The van der Waals surface area contributed by atoms with Gasteiger partial charge in [0.15, 0.2) is 12.7 Å². The highest BCUT2D eigenvalue weighted by Crippen LogP contribution is 2.22. The van der Waals surface area contributed by atoms with Crippen LogP contribution in [0.3, 0.4) is 0 Å². The molecule has 0 aliphatic carbocycles. The number of ether oxygens (including phenoxy) is 1. The van der Waals surface area contributed by atoms with E-state index in [0.29, 0.717) is 19.4 Å². The lowest BCUT2D eigenvalue weighted by Gasteiger charge is -2.32. The number of hydrogen-bond donors (Lipinski definition) is 3. The Hall–Kier alpha value is -3.99. The number of aliphatic hydroxyl groups excluding tert-OH is 1. The van der Waals surface area contributed by atoms with Gasteiger partial charge in [-0.1, -0.05) is 36.4 Å². The number of carbonyl (C=O) groups excluding carboxylic acids is 3. The Morgan fingerprint density at radius 1 is 1.16 bits per heavy atom. The number of likely N-dealkylation sites (tertiary alicyclic amines) is 1. The number of nitrogens with one attached hydrogen (secondary N) is 2. The topological polar surface area (TPSA) is 151 Å². The van der Waals surface area contributed by atoms with Gasteiger partial charge in [-0.2, -0.15) is 0 Å². The number of nitro benzene ring substituents is 1. The highest BCUT2D eigenvalue weighted by molar-refractivity contribution is 5.91. The van der Waals surface area contributed by atoms with Crippen LogP contribution in [0.25, 0.3) is 0 Å². The van der Waals surface area contributed by atoms with Gasteiger partial charge in [-0.05, 0) is 51.7 Å². The van der Waals surface area contributed by atoms with Gasteiger partial charge in [0.25, 0.3) is 17.5 Å². The maximum atomic E-state index is 13.4. The van der Waals surface area contributed by atoms with Crippen LogP contribution in [0.5, 0.6) is 5.75 Å². The van der Waals surface area contributed by atoms with Crippen molar-refractivity contribution in [3.63, 3.8) is 0 Å². The van der Waals surface area contributed by atoms with E-state index in [-0.39, 0.29) is 23.8 Å². The first kappa shape index (κ1) is 28.6. The predicted molar refractivity (Wildman–Crippen MR) is 139 cm³/mol. The summed E-state index contributed by atoms with van der Waals surface area (Å²) in [6, 6.07) is 12.8. The molecule has 1 saturated heterocycles. The van der Waals surface area contributed by atoms with Gasteiger partial charge in [0.2, 0.25) is 5.91 Å². The molecule has 0 unspecified atom stereocenters. The van der Waals surface area contributed by atoms with E-state index in [1.54, 1.807) is 12.1 Å². The monoisotopic (exact) mass is 526 g/mol. The Balaban J connectivity index is 1.72. The second-order valence-electron chi connectivity index (χ2n) is 10.3. The summed E-state index contributed by atoms with van der Waals surface area (Å²) in [5, 5.41) is 27.6. The molecule has 11 nitrogen and oxygen atoms in total. The maximum absolute atomic E-state index is 13.4. The molecule has 2 aromatic rings. The van der Waals surface area contributed by atoms with Crippen molar-refractivity contribution in [2.75, 3.05) is 13.2 Å². The Kier molecular flexibility index (Phi) is 9.40. The molecule has 0 saturated carbocycles. The molecule has 3 rings (SSSR count). The molecule has 1 aliphatic rings. The van der Waals surface area contributed by atoms with Crippen LogP contribution < -0.4 is 15.4 Å². The van der Waals surface area contributed by atoms with E-state index in [9.17, 15) is 29.6 Å². The number of rotatable bonds is 10. The number of benzene rings is 2. The summed E-state index contributed by atoms with van der Waals surface area (Å²) < 4.78 is 5.40. The lowest BCUT2D eigenvalue weighted by molar-refractivity contribution is -0.384. The van der Waals surface area contributed by atoms with Gasteiger partial charge in [0, 0.05) is 18.2 Å². The second-order valence-corrected chi connectivity index (χ2v) is 10.3. The molecule has 0 radical (unpaired) electrons. The van der Waals surface area contributed by atoms with E-state index in [1.807, 2.05) is 39.0 Å². The van der Waals surface area contributed by atoms with Crippen molar-refractivity contribution >= 4 is 23.4 Å². The molecule has 2 aromatic carbocycles. The fraction of sp³-hybridized carbons (Fsp3) is 0.444. The minimum atomic E-state index is -1.61. The number of hydrogen-bond acceptors (Lipinski definition) is 7. The Morgan fingerprint density at radius 3 is 2.53 bits per heavy atom. The Bertz CT molecular complexity index is 1150. The van der Waals surface area contributed by atoms with Crippen molar-refractivity contribution in [1.29, 1.82) is 0 Å². The molecule has 38 heavy (non-hydrogen) atoms. The molecule has 3 N–H and O–H groups in total. The van der Waals surface area contributed by atoms with Crippen LogP contribution >= 0.6 is 0 Å². The molecule has 1 aliphatic heterocycles. The second kappa shape index (κ2) is 12.5. The van der Waals surface area contributed by atoms with Gasteiger partial charge in [0.05, 0.1) is 17.0 Å². The average molecular weight is 527 g/mol. The van der Waals surface area contributed by atoms with Crippen LogP contribution in [-0.2, 0) is 20.8 Å². The predicted octanol–water partition coefficient (Wildman–Crippen LogP) is 1.97. The van der Waals surface area contributed by atoms with Crippen molar-refractivity contribution in [2.24, 2.45) is 0 Å². The minimum absolute atomic E-state index is 0.135. The molecule has 0 spiro atoms. The molecular weight excluding hydrogens is 492 g/mol. The van der Waals surface area contributed by atoms with Crippen molar-refractivity contribution < 1.29 is 29.2 Å². The lowest BCUT2D eigenvalue weighted by Crippen LogP contribution is -2.57. The van der Waals surface area contributed by atoms with Crippen molar-refractivity contribution in [3.05, 3.63) is 70.3 Å². The number of aliphatic hydroxyl groups is 1. The van der Waals surface area contributed by atoms with Crippen molar-refractivity contribution in [1.82, 2.24) is 15.5 Å². The molecular formula is C27H34N4O7. The highest BCUT2D eigenvalue weighted by atomic mass is 16.6. The van der Waals surface area contributed by atoms with E-state index < -0.39 is 47.1 Å². The standard InChI is InChI=1S/C27H34N4O7/c1-27(2,3)29-25(34)22-13-8-14-30(22)26(35)24(33)21(15-18-9-5-4-6-10-18)28-23(32)17-38-20-12-7-11-19(16-20)31(36)37/h4-7,9-12,16,21-22,24,33H,8,13-15,17H2,1-3H3,(H,28,32)(H,29,34)/t21-,22-,24-/m0/s1. The summed E-state index contributed by atoms with van der Waals surface area (Å²) in [6.07, 6.45) is -0.358. The zero-order valence-corrected chi connectivity index (χ0v) is 21.8. The Morgan fingerprint density at radius 2 is 1.87 bits per heavy atom. The Labute approximate surface area is 221 Å². The zero-order valence-electron chi connectivity index (χ0n) is 21.8. The molecule has 1 fully saturated rings. The number of non-ortho nitro benzene ring substituents is 1. The number of carbonyl (C=O) groups is 3. The third kappa shape index (κ3) is 8.01. The summed E-state index contributed by atoms with van der Waals surface area (Å²) >= 11 is 0. The number of nitrogens with zero attached hydrogens (tertiary/aromatic N) is 2. The third-order valence-electron chi connectivity index (χ3n) is 6.01. The summed E-state index contributed by atoms with van der Waals surface area (Å²) in [6.45, 7) is 5.39. The fourth-order valence-corrected chi connectivity index (χ4v) is 4.29. The fourth-order valence-electron chi connectivity index (χ4n) is 4.29. The van der Waals surface area contributed by atoms with Crippen LogP contribution in [0.1, 0.15) is 39.2 Å². The highest BCUT2D eigenvalue weighted by Gasteiger charge is 2.40. The average Bonchev–Trinajstić information content (AvgIpc) is 3.36. The van der Waals surface area contributed by atoms with Crippen LogP contribution in [0.15, 0.2) is 54.6 Å². The van der Waals surface area contributed by atoms with Crippen LogP contribution in [0, 0.1) is 10.1 Å². The molecule has 3 amide bonds. The number of amides is 3. The molecule has 0 bridgehead atoms. The molecule has 11 heteroatoms. The summed E-state index contributed by atoms with van der Waals surface area (Å²) in [5.41, 5.74) is 0.130. The molecule has 1 heterocycles. The van der Waals surface area contributed by atoms with E-state index in [0.717, 1.165) is 5.56 Å². The van der Waals surface area contributed by atoms with Crippen molar-refractivity contribution in [2.45, 2.75) is 63.8 Å². The van der Waals surface area contributed by atoms with Crippen molar-refractivity contribution in [3.8, 4) is 5.75 Å². The van der Waals surface area contributed by atoms with E-state index in [4.69, 9.17) is 4.74 Å². The van der Waals surface area contributed by atoms with Gasteiger partial charge < -0.3 is 25.4 Å². The van der Waals surface area contributed by atoms with E-state index >= 15 is 0 Å².